The van der Waals surface area contributed by atoms with Crippen molar-refractivity contribution in [2.75, 3.05) is 30.3 Å². The molecule has 5 nitrogen and oxygen atoms in total. The van der Waals surface area contributed by atoms with Crippen LogP contribution in [-0.2, 0) is 0 Å². The Balaban J connectivity index is 2.54. The molecule has 1 aromatic heterocycles. The summed E-state index contributed by atoms with van der Waals surface area (Å²) in [6, 6.07) is 1.83. The lowest BCUT2D eigenvalue weighted by atomic mass is 10.5. The molecule has 0 aliphatic heterocycles. The molecule has 1 rings (SSSR count). The third kappa shape index (κ3) is 3.40. The zero-order chi connectivity index (χ0) is 10.2. The third-order valence-corrected chi connectivity index (χ3v) is 1.55. The van der Waals surface area contributed by atoms with Gasteiger partial charge in [0.25, 0.3) is 0 Å². The molecule has 0 atom stereocenters. The van der Waals surface area contributed by atoms with Crippen LogP contribution >= 0.6 is 0 Å². The molecule has 0 aliphatic rings. The van der Waals surface area contributed by atoms with Crippen molar-refractivity contribution in [3.8, 4) is 0 Å². The van der Waals surface area contributed by atoms with Crippen LogP contribution in [0, 0.1) is 0 Å². The fourth-order valence-electron chi connectivity index (χ4n) is 0.928. The molecule has 4 N–H and O–H groups in total. The van der Waals surface area contributed by atoms with E-state index in [0.717, 1.165) is 11.6 Å². The topological polar surface area (TPSA) is 75.9 Å². The second-order valence-corrected chi connectivity index (χ2v) is 2.67. The Morgan fingerprint density at radius 1 is 1.36 bits per heavy atom. The summed E-state index contributed by atoms with van der Waals surface area (Å²) in [5, 5.41) is 6.14. The second-order valence-electron chi connectivity index (χ2n) is 2.67. The molecule has 0 saturated carbocycles. The van der Waals surface area contributed by atoms with E-state index >= 15 is 0 Å². The summed E-state index contributed by atoms with van der Waals surface area (Å²) in [7, 11) is 0. The Labute approximate surface area is 83.4 Å². The Bertz CT molecular complexity index is 286. The lowest BCUT2D eigenvalue weighted by Crippen LogP contribution is -2.14. The number of anilines is 2. The largest absolute Gasteiger partial charge is 0.369 e. The molecule has 76 valence electrons. The van der Waals surface area contributed by atoms with Crippen molar-refractivity contribution < 1.29 is 0 Å². The summed E-state index contributed by atoms with van der Waals surface area (Å²) in [6.45, 7) is 5.59. The number of nitrogens with zero attached hydrogens (tertiary/aromatic N) is 2. The summed E-state index contributed by atoms with van der Waals surface area (Å²) >= 11 is 0. The minimum Gasteiger partial charge on any atom is -0.369 e. The van der Waals surface area contributed by atoms with E-state index < -0.39 is 0 Å². The van der Waals surface area contributed by atoms with Gasteiger partial charge in [-0.05, 0) is 0 Å². The van der Waals surface area contributed by atoms with Crippen molar-refractivity contribution in [2.45, 2.75) is 0 Å². The molecule has 0 saturated heterocycles. The Morgan fingerprint density at radius 3 is 2.71 bits per heavy atom. The molecule has 1 aromatic rings. The van der Waals surface area contributed by atoms with Crippen LogP contribution in [0.2, 0.25) is 0 Å². The molecule has 5 heteroatoms. The van der Waals surface area contributed by atoms with Gasteiger partial charge in [0.2, 0.25) is 0 Å². The predicted octanol–water partition coefficient (Wildman–Crippen LogP) is 0.445. The standard InChI is InChI=1S/C9H15N5/c1-2-4-11-8-6-9(12-5-3-10)14-7-13-8/h2,6-7H,1,3-5,10H2,(H2,11,12,13,14). The molecule has 0 radical (unpaired) electrons. The molecular formula is C9H15N5. The Kier molecular flexibility index (Phi) is 4.43. The van der Waals surface area contributed by atoms with Gasteiger partial charge in [-0.25, -0.2) is 9.97 Å². The molecule has 0 aromatic carbocycles. The fraction of sp³-hybridized carbons (Fsp3) is 0.333. The first-order valence-electron chi connectivity index (χ1n) is 4.47. The Morgan fingerprint density at radius 2 is 2.07 bits per heavy atom. The third-order valence-electron chi connectivity index (χ3n) is 1.55. The lowest BCUT2D eigenvalue weighted by Gasteiger charge is -2.05. The summed E-state index contributed by atoms with van der Waals surface area (Å²) in [5.41, 5.74) is 5.36. The highest BCUT2D eigenvalue weighted by Gasteiger charge is 1.95. The monoisotopic (exact) mass is 193 g/mol. The number of nitrogens with two attached hydrogens (primary N) is 1. The van der Waals surface area contributed by atoms with Gasteiger partial charge < -0.3 is 16.4 Å². The lowest BCUT2D eigenvalue weighted by molar-refractivity contribution is 1.00. The summed E-state index contributed by atoms with van der Waals surface area (Å²) in [4.78, 5) is 8.09. The van der Waals surface area contributed by atoms with Crippen molar-refractivity contribution in [1.82, 2.24) is 9.97 Å². The van der Waals surface area contributed by atoms with Crippen LogP contribution in [0.4, 0.5) is 11.6 Å². The van der Waals surface area contributed by atoms with Crippen LogP contribution < -0.4 is 16.4 Å². The molecule has 0 amide bonds. The predicted molar refractivity (Wildman–Crippen MR) is 58.3 cm³/mol. The maximum absolute atomic E-state index is 5.36. The van der Waals surface area contributed by atoms with E-state index in [2.05, 4.69) is 27.2 Å². The van der Waals surface area contributed by atoms with E-state index in [1.165, 1.54) is 6.33 Å². The van der Waals surface area contributed by atoms with Crippen LogP contribution in [0.25, 0.3) is 0 Å². The first kappa shape index (κ1) is 10.5. The molecule has 0 unspecified atom stereocenters. The zero-order valence-electron chi connectivity index (χ0n) is 8.03. The van der Waals surface area contributed by atoms with Crippen LogP contribution in [0.5, 0.6) is 0 Å². The SMILES string of the molecule is C=CCNc1cc(NCCN)ncn1. The van der Waals surface area contributed by atoms with E-state index in [9.17, 15) is 0 Å². The highest BCUT2D eigenvalue weighted by atomic mass is 15.1. The summed E-state index contributed by atoms with van der Waals surface area (Å²) in [6.07, 6.45) is 3.28. The van der Waals surface area contributed by atoms with Crippen LogP contribution in [0.1, 0.15) is 0 Å². The van der Waals surface area contributed by atoms with E-state index in [4.69, 9.17) is 5.73 Å². The second kappa shape index (κ2) is 5.93. The first-order chi connectivity index (χ1) is 6.86. The molecule has 0 bridgehead atoms. The number of hydrogen-bond donors (Lipinski definition) is 3. The van der Waals surface area contributed by atoms with E-state index in [0.29, 0.717) is 19.6 Å². The van der Waals surface area contributed by atoms with E-state index in [1.807, 2.05) is 6.07 Å². The van der Waals surface area contributed by atoms with E-state index in [1.54, 1.807) is 6.08 Å². The minimum atomic E-state index is 0.583. The smallest absolute Gasteiger partial charge is 0.131 e. The van der Waals surface area contributed by atoms with Crippen LogP contribution in [0.3, 0.4) is 0 Å². The number of aromatic nitrogens is 2. The minimum absolute atomic E-state index is 0.583. The Hall–Kier alpha value is -1.62. The average Bonchev–Trinajstić information content (AvgIpc) is 2.24. The van der Waals surface area contributed by atoms with Crippen LogP contribution in [0.15, 0.2) is 25.0 Å². The van der Waals surface area contributed by atoms with Crippen molar-refractivity contribution >= 4 is 11.6 Å². The maximum Gasteiger partial charge on any atom is 0.131 e. The maximum atomic E-state index is 5.36. The van der Waals surface area contributed by atoms with Crippen molar-refractivity contribution in [3.63, 3.8) is 0 Å². The first-order valence-corrected chi connectivity index (χ1v) is 4.47. The van der Waals surface area contributed by atoms with E-state index in [-0.39, 0.29) is 0 Å². The molecule has 14 heavy (non-hydrogen) atoms. The van der Waals surface area contributed by atoms with Crippen molar-refractivity contribution in [1.29, 1.82) is 0 Å². The van der Waals surface area contributed by atoms with Gasteiger partial charge in [0.05, 0.1) is 0 Å². The number of rotatable bonds is 6. The van der Waals surface area contributed by atoms with Crippen LogP contribution in [-0.4, -0.2) is 29.6 Å². The highest BCUT2D eigenvalue weighted by molar-refractivity contribution is 5.46. The molecule has 1 heterocycles. The van der Waals surface area contributed by atoms with Gasteiger partial charge in [-0.15, -0.1) is 6.58 Å². The van der Waals surface area contributed by atoms with Gasteiger partial charge in [0, 0.05) is 25.7 Å². The fourth-order valence-corrected chi connectivity index (χ4v) is 0.928. The number of hydrogen-bond acceptors (Lipinski definition) is 5. The van der Waals surface area contributed by atoms with Gasteiger partial charge in [-0.2, -0.15) is 0 Å². The van der Waals surface area contributed by atoms with Gasteiger partial charge in [0.15, 0.2) is 0 Å². The molecule has 0 fully saturated rings. The number of nitrogens with one attached hydrogen (secondary N) is 2. The normalized spacial score (nSPS) is 9.50. The van der Waals surface area contributed by atoms with Gasteiger partial charge in [-0.1, -0.05) is 6.08 Å². The molecular weight excluding hydrogens is 178 g/mol. The van der Waals surface area contributed by atoms with Gasteiger partial charge in [0.1, 0.15) is 18.0 Å². The molecule has 0 aliphatic carbocycles. The highest BCUT2D eigenvalue weighted by Crippen LogP contribution is 2.07. The van der Waals surface area contributed by atoms with Crippen molar-refractivity contribution in [2.24, 2.45) is 5.73 Å². The summed E-state index contributed by atoms with van der Waals surface area (Å²) < 4.78 is 0. The van der Waals surface area contributed by atoms with Gasteiger partial charge >= 0.3 is 0 Å². The summed E-state index contributed by atoms with van der Waals surface area (Å²) in [5.74, 6) is 1.55. The zero-order valence-corrected chi connectivity index (χ0v) is 8.03. The van der Waals surface area contributed by atoms with Gasteiger partial charge in [-0.3, -0.25) is 0 Å². The quantitative estimate of drug-likeness (QED) is 0.572. The van der Waals surface area contributed by atoms with Crippen molar-refractivity contribution in [3.05, 3.63) is 25.0 Å². The molecule has 0 spiro atoms. The average molecular weight is 193 g/mol.